The van der Waals surface area contributed by atoms with Crippen LogP contribution >= 0.6 is 11.5 Å². The van der Waals surface area contributed by atoms with Crippen LogP contribution in [0.2, 0.25) is 0 Å². The zero-order valence-electron chi connectivity index (χ0n) is 16.9. The SMILES string of the molecule is CCOC(=O)c1snnc1-c1ccc(-c2ccc(C3(C(=O)OCC)CC3)cc2)cc1. The van der Waals surface area contributed by atoms with Gasteiger partial charge < -0.3 is 9.47 Å². The van der Waals surface area contributed by atoms with Gasteiger partial charge in [-0.15, -0.1) is 5.10 Å². The lowest BCUT2D eigenvalue weighted by Crippen LogP contribution is -2.23. The first kappa shape index (κ1) is 20.2. The molecule has 7 heteroatoms. The zero-order chi connectivity index (χ0) is 21.1. The van der Waals surface area contributed by atoms with Crippen molar-refractivity contribution in [2.45, 2.75) is 32.1 Å². The van der Waals surface area contributed by atoms with Crippen molar-refractivity contribution in [1.29, 1.82) is 0 Å². The molecule has 2 aromatic carbocycles. The van der Waals surface area contributed by atoms with Gasteiger partial charge in [-0.1, -0.05) is 53.0 Å². The fraction of sp³-hybridized carbons (Fsp3) is 0.304. The van der Waals surface area contributed by atoms with Crippen LogP contribution in [0.1, 0.15) is 41.9 Å². The van der Waals surface area contributed by atoms with Crippen LogP contribution in [0.3, 0.4) is 0 Å². The Hall–Kier alpha value is -3.06. The molecule has 0 N–H and O–H groups in total. The predicted octanol–water partition coefficient (Wildman–Crippen LogP) is 4.64. The van der Waals surface area contributed by atoms with Gasteiger partial charge in [0, 0.05) is 5.56 Å². The highest BCUT2D eigenvalue weighted by atomic mass is 32.1. The Morgan fingerprint density at radius 1 is 0.900 bits per heavy atom. The van der Waals surface area contributed by atoms with Gasteiger partial charge in [0.1, 0.15) is 5.69 Å². The van der Waals surface area contributed by atoms with Gasteiger partial charge in [-0.05, 0) is 54.9 Å². The molecule has 3 aromatic rings. The first-order chi connectivity index (χ1) is 14.6. The number of esters is 2. The molecule has 0 saturated heterocycles. The minimum atomic E-state index is -0.459. The van der Waals surface area contributed by atoms with E-state index in [1.54, 1.807) is 6.92 Å². The van der Waals surface area contributed by atoms with E-state index < -0.39 is 11.4 Å². The van der Waals surface area contributed by atoms with Crippen molar-refractivity contribution in [1.82, 2.24) is 9.59 Å². The van der Waals surface area contributed by atoms with Gasteiger partial charge >= 0.3 is 11.9 Å². The Labute approximate surface area is 179 Å². The molecular formula is C23H22N2O4S. The Balaban J connectivity index is 1.54. The topological polar surface area (TPSA) is 78.4 Å². The van der Waals surface area contributed by atoms with E-state index in [4.69, 9.17) is 9.47 Å². The van der Waals surface area contributed by atoms with Crippen molar-refractivity contribution in [2.75, 3.05) is 13.2 Å². The van der Waals surface area contributed by atoms with E-state index in [2.05, 4.69) is 9.59 Å². The van der Waals surface area contributed by atoms with Gasteiger partial charge in [0.15, 0.2) is 4.88 Å². The number of rotatable bonds is 7. The summed E-state index contributed by atoms with van der Waals surface area (Å²) in [6.07, 6.45) is 1.68. The maximum atomic E-state index is 12.3. The normalized spacial score (nSPS) is 14.2. The number of carbonyl (C=O) groups is 2. The molecule has 0 amide bonds. The van der Waals surface area contributed by atoms with Crippen LogP contribution in [0.4, 0.5) is 0 Å². The van der Waals surface area contributed by atoms with E-state index in [9.17, 15) is 9.59 Å². The summed E-state index contributed by atoms with van der Waals surface area (Å²) in [7, 11) is 0. The fourth-order valence-corrected chi connectivity index (χ4v) is 4.10. The van der Waals surface area contributed by atoms with Crippen molar-refractivity contribution in [3.05, 3.63) is 59.0 Å². The average Bonchev–Trinajstić information content (AvgIpc) is 3.44. The summed E-state index contributed by atoms with van der Waals surface area (Å²) in [4.78, 5) is 24.8. The summed E-state index contributed by atoms with van der Waals surface area (Å²) >= 11 is 1.04. The number of hydrogen-bond donors (Lipinski definition) is 0. The van der Waals surface area contributed by atoms with E-state index in [1.165, 1.54) is 0 Å². The van der Waals surface area contributed by atoms with Gasteiger partial charge in [-0.3, -0.25) is 4.79 Å². The molecule has 0 aliphatic heterocycles. The summed E-state index contributed by atoms with van der Waals surface area (Å²) in [6.45, 7) is 4.31. The van der Waals surface area contributed by atoms with Crippen LogP contribution in [0.15, 0.2) is 48.5 Å². The van der Waals surface area contributed by atoms with E-state index in [1.807, 2.05) is 55.5 Å². The van der Waals surface area contributed by atoms with E-state index in [0.717, 1.165) is 46.6 Å². The molecule has 4 rings (SSSR count). The smallest absolute Gasteiger partial charge is 0.352 e. The second-order valence-electron chi connectivity index (χ2n) is 7.13. The molecular weight excluding hydrogens is 400 g/mol. The molecule has 0 unspecified atom stereocenters. The number of hydrogen-bond acceptors (Lipinski definition) is 7. The quantitative estimate of drug-likeness (QED) is 0.516. The number of carbonyl (C=O) groups excluding carboxylic acids is 2. The standard InChI is InChI=1S/C23H22N2O4S/c1-3-28-21(26)20-19(24-25-30-20)17-7-5-15(6-8-17)16-9-11-18(12-10-16)23(13-14-23)22(27)29-4-2/h5-12H,3-4,13-14H2,1-2H3. The predicted molar refractivity (Wildman–Crippen MR) is 114 cm³/mol. The summed E-state index contributed by atoms with van der Waals surface area (Å²) < 4.78 is 14.2. The monoisotopic (exact) mass is 422 g/mol. The van der Waals surface area contributed by atoms with Crippen LogP contribution in [0.25, 0.3) is 22.4 Å². The molecule has 30 heavy (non-hydrogen) atoms. The van der Waals surface area contributed by atoms with Crippen LogP contribution in [-0.4, -0.2) is 34.7 Å². The van der Waals surface area contributed by atoms with E-state index in [-0.39, 0.29) is 5.97 Å². The van der Waals surface area contributed by atoms with Crippen LogP contribution in [-0.2, 0) is 19.7 Å². The zero-order valence-corrected chi connectivity index (χ0v) is 17.7. The lowest BCUT2D eigenvalue weighted by atomic mass is 9.93. The lowest BCUT2D eigenvalue weighted by Gasteiger charge is -2.14. The molecule has 0 atom stereocenters. The number of nitrogens with zero attached hydrogens (tertiary/aromatic N) is 2. The summed E-state index contributed by atoms with van der Waals surface area (Å²) in [5.41, 5.74) is 3.98. The van der Waals surface area contributed by atoms with E-state index in [0.29, 0.717) is 23.8 Å². The summed E-state index contributed by atoms with van der Waals surface area (Å²) in [6, 6.07) is 15.9. The minimum absolute atomic E-state index is 0.128. The Morgan fingerprint density at radius 3 is 2.03 bits per heavy atom. The maximum Gasteiger partial charge on any atom is 0.352 e. The highest BCUT2D eigenvalue weighted by Gasteiger charge is 2.52. The molecule has 1 aliphatic rings. The van der Waals surface area contributed by atoms with Gasteiger partial charge in [0.25, 0.3) is 0 Å². The van der Waals surface area contributed by atoms with Crippen molar-refractivity contribution >= 4 is 23.5 Å². The molecule has 0 bridgehead atoms. The molecule has 1 aliphatic carbocycles. The highest BCUT2D eigenvalue weighted by molar-refractivity contribution is 7.08. The first-order valence-corrected chi connectivity index (χ1v) is 10.7. The van der Waals surface area contributed by atoms with E-state index >= 15 is 0 Å². The first-order valence-electron chi connectivity index (χ1n) is 9.97. The fourth-order valence-electron chi connectivity index (χ4n) is 3.52. The lowest BCUT2D eigenvalue weighted by molar-refractivity contribution is -0.146. The molecule has 1 fully saturated rings. The Kier molecular flexibility index (Phi) is 5.63. The average molecular weight is 423 g/mol. The highest BCUT2D eigenvalue weighted by Crippen LogP contribution is 2.49. The van der Waals surface area contributed by atoms with Gasteiger partial charge in [0.2, 0.25) is 0 Å². The number of ether oxygens (including phenoxy) is 2. The molecule has 0 spiro atoms. The van der Waals surface area contributed by atoms with Gasteiger partial charge in [-0.2, -0.15) is 0 Å². The maximum absolute atomic E-state index is 12.3. The molecule has 154 valence electrons. The third-order valence-corrected chi connectivity index (χ3v) is 6.00. The number of benzene rings is 2. The van der Waals surface area contributed by atoms with Crippen molar-refractivity contribution < 1.29 is 19.1 Å². The Bertz CT molecular complexity index is 1050. The molecule has 6 nitrogen and oxygen atoms in total. The minimum Gasteiger partial charge on any atom is -0.465 e. The second-order valence-corrected chi connectivity index (χ2v) is 7.88. The summed E-state index contributed by atoms with van der Waals surface area (Å²) in [5, 5.41) is 4.09. The van der Waals surface area contributed by atoms with Crippen LogP contribution in [0.5, 0.6) is 0 Å². The van der Waals surface area contributed by atoms with Crippen LogP contribution < -0.4 is 0 Å². The molecule has 1 aromatic heterocycles. The Morgan fingerprint density at radius 2 is 1.47 bits per heavy atom. The van der Waals surface area contributed by atoms with Crippen LogP contribution in [0, 0.1) is 0 Å². The van der Waals surface area contributed by atoms with Crippen molar-refractivity contribution in [2.24, 2.45) is 0 Å². The third kappa shape index (κ3) is 3.73. The molecule has 0 radical (unpaired) electrons. The van der Waals surface area contributed by atoms with Crippen molar-refractivity contribution in [3.63, 3.8) is 0 Å². The van der Waals surface area contributed by atoms with Gasteiger partial charge in [0.05, 0.1) is 18.6 Å². The number of aromatic nitrogens is 2. The molecule has 1 saturated carbocycles. The van der Waals surface area contributed by atoms with Crippen molar-refractivity contribution in [3.8, 4) is 22.4 Å². The molecule has 1 heterocycles. The van der Waals surface area contributed by atoms with Gasteiger partial charge in [-0.25, -0.2) is 4.79 Å². The third-order valence-electron chi connectivity index (χ3n) is 5.29. The summed E-state index contributed by atoms with van der Waals surface area (Å²) in [5.74, 6) is -0.533. The largest absolute Gasteiger partial charge is 0.465 e. The second kappa shape index (κ2) is 8.36.